The zero-order valence-corrected chi connectivity index (χ0v) is 12.4. The Kier molecular flexibility index (Phi) is 3.67. The van der Waals surface area contributed by atoms with Crippen LogP contribution in [0.2, 0.25) is 5.02 Å². The van der Waals surface area contributed by atoms with Crippen LogP contribution in [0.5, 0.6) is 0 Å². The number of nitrogens with one attached hydrogen (secondary N) is 1. The van der Waals surface area contributed by atoms with Crippen LogP contribution < -0.4 is 5.32 Å². The molecule has 1 heterocycles. The predicted octanol–water partition coefficient (Wildman–Crippen LogP) is 4.24. The van der Waals surface area contributed by atoms with Crippen LogP contribution in [-0.2, 0) is 11.3 Å². The summed E-state index contributed by atoms with van der Waals surface area (Å²) < 4.78 is 1.92. The van der Waals surface area contributed by atoms with Crippen LogP contribution in [0.3, 0.4) is 0 Å². The molecular formula is C17H15ClN2O. The van der Waals surface area contributed by atoms with E-state index >= 15 is 0 Å². The van der Waals surface area contributed by atoms with Gasteiger partial charge < -0.3 is 9.88 Å². The molecule has 3 aromatic rings. The Bertz CT molecular complexity index is 807. The zero-order valence-electron chi connectivity index (χ0n) is 11.6. The molecule has 1 amide bonds. The third kappa shape index (κ3) is 2.93. The number of benzene rings is 2. The topological polar surface area (TPSA) is 34.0 Å². The van der Waals surface area contributed by atoms with E-state index in [1.807, 2.05) is 66.2 Å². The quantitative estimate of drug-likeness (QED) is 0.771. The summed E-state index contributed by atoms with van der Waals surface area (Å²) in [4.78, 5) is 12.2. The SMILES string of the molecule is Cc1ccccc1NC(=O)Cn1ccc2cc(Cl)ccc21. The first kappa shape index (κ1) is 13.7. The van der Waals surface area contributed by atoms with Gasteiger partial charge in [0, 0.05) is 27.8 Å². The standard InChI is InChI=1S/C17H15ClN2O/c1-12-4-2-3-5-15(12)19-17(21)11-20-9-8-13-10-14(18)6-7-16(13)20/h2-10H,11H2,1H3,(H,19,21). The van der Waals surface area contributed by atoms with Crippen molar-refractivity contribution in [2.45, 2.75) is 13.5 Å². The number of para-hydroxylation sites is 1. The fraction of sp³-hybridized carbons (Fsp3) is 0.118. The van der Waals surface area contributed by atoms with Gasteiger partial charge in [-0.3, -0.25) is 4.79 Å². The molecule has 0 spiro atoms. The van der Waals surface area contributed by atoms with Crippen molar-refractivity contribution in [1.82, 2.24) is 4.57 Å². The molecule has 0 aliphatic carbocycles. The molecule has 21 heavy (non-hydrogen) atoms. The predicted molar refractivity (Wildman–Crippen MR) is 86.8 cm³/mol. The molecule has 0 radical (unpaired) electrons. The molecule has 3 rings (SSSR count). The highest BCUT2D eigenvalue weighted by Crippen LogP contribution is 2.20. The Morgan fingerprint density at radius 2 is 2.00 bits per heavy atom. The Morgan fingerprint density at radius 1 is 1.19 bits per heavy atom. The Balaban J connectivity index is 1.79. The largest absolute Gasteiger partial charge is 0.338 e. The summed E-state index contributed by atoms with van der Waals surface area (Å²) in [6, 6.07) is 15.4. The first-order valence-corrected chi connectivity index (χ1v) is 7.11. The van der Waals surface area contributed by atoms with E-state index in [2.05, 4.69) is 5.32 Å². The number of halogens is 1. The van der Waals surface area contributed by atoms with Crippen LogP contribution in [0, 0.1) is 6.92 Å². The molecule has 3 nitrogen and oxygen atoms in total. The first-order valence-electron chi connectivity index (χ1n) is 6.73. The lowest BCUT2D eigenvalue weighted by atomic mass is 10.2. The second-order valence-electron chi connectivity index (χ2n) is 5.01. The van der Waals surface area contributed by atoms with Gasteiger partial charge in [0.15, 0.2) is 0 Å². The third-order valence-electron chi connectivity index (χ3n) is 3.47. The van der Waals surface area contributed by atoms with Crippen molar-refractivity contribution >= 4 is 34.1 Å². The fourth-order valence-electron chi connectivity index (χ4n) is 2.37. The van der Waals surface area contributed by atoms with Gasteiger partial charge in [-0.05, 0) is 42.8 Å². The lowest BCUT2D eigenvalue weighted by molar-refractivity contribution is -0.116. The Labute approximate surface area is 128 Å². The maximum Gasteiger partial charge on any atom is 0.244 e. The minimum atomic E-state index is -0.0447. The molecular weight excluding hydrogens is 284 g/mol. The summed E-state index contributed by atoms with van der Waals surface area (Å²) in [5.74, 6) is -0.0447. The Morgan fingerprint density at radius 3 is 2.81 bits per heavy atom. The number of hydrogen-bond donors (Lipinski definition) is 1. The van der Waals surface area contributed by atoms with Crippen molar-refractivity contribution in [1.29, 1.82) is 0 Å². The smallest absolute Gasteiger partial charge is 0.244 e. The minimum absolute atomic E-state index is 0.0447. The van der Waals surface area contributed by atoms with Gasteiger partial charge in [0.05, 0.1) is 0 Å². The van der Waals surface area contributed by atoms with Crippen LogP contribution in [0.4, 0.5) is 5.69 Å². The van der Waals surface area contributed by atoms with Gasteiger partial charge in [0.2, 0.25) is 5.91 Å². The summed E-state index contributed by atoms with van der Waals surface area (Å²) in [6.45, 7) is 2.25. The van der Waals surface area contributed by atoms with E-state index in [1.165, 1.54) is 0 Å². The molecule has 0 aliphatic rings. The van der Waals surface area contributed by atoms with Crippen molar-refractivity contribution in [3.05, 3.63) is 65.3 Å². The van der Waals surface area contributed by atoms with Crippen molar-refractivity contribution in [3.8, 4) is 0 Å². The third-order valence-corrected chi connectivity index (χ3v) is 3.70. The number of aromatic nitrogens is 1. The Hall–Kier alpha value is -2.26. The molecule has 1 aromatic heterocycles. The van der Waals surface area contributed by atoms with E-state index in [0.29, 0.717) is 5.02 Å². The van der Waals surface area contributed by atoms with E-state index in [9.17, 15) is 4.79 Å². The highest BCUT2D eigenvalue weighted by molar-refractivity contribution is 6.31. The van der Waals surface area contributed by atoms with Gasteiger partial charge in [-0.15, -0.1) is 0 Å². The van der Waals surface area contributed by atoms with Gasteiger partial charge in [-0.2, -0.15) is 0 Å². The van der Waals surface area contributed by atoms with E-state index < -0.39 is 0 Å². The van der Waals surface area contributed by atoms with Gasteiger partial charge in [-0.25, -0.2) is 0 Å². The summed E-state index contributed by atoms with van der Waals surface area (Å²) in [6.07, 6.45) is 1.90. The maximum absolute atomic E-state index is 12.2. The van der Waals surface area contributed by atoms with Crippen LogP contribution in [0.1, 0.15) is 5.56 Å². The zero-order chi connectivity index (χ0) is 14.8. The molecule has 106 valence electrons. The highest BCUT2D eigenvalue weighted by Gasteiger charge is 2.08. The number of fused-ring (bicyclic) bond motifs is 1. The summed E-state index contributed by atoms with van der Waals surface area (Å²) in [7, 11) is 0. The van der Waals surface area contributed by atoms with Crippen LogP contribution in [0.15, 0.2) is 54.7 Å². The van der Waals surface area contributed by atoms with E-state index in [0.717, 1.165) is 22.2 Å². The first-order chi connectivity index (χ1) is 10.1. The van der Waals surface area contributed by atoms with E-state index in [-0.39, 0.29) is 12.5 Å². The van der Waals surface area contributed by atoms with Gasteiger partial charge in [0.1, 0.15) is 6.54 Å². The number of anilines is 1. The van der Waals surface area contributed by atoms with Crippen LogP contribution in [-0.4, -0.2) is 10.5 Å². The molecule has 1 N–H and O–H groups in total. The van der Waals surface area contributed by atoms with Gasteiger partial charge in [-0.1, -0.05) is 29.8 Å². The normalized spacial score (nSPS) is 10.8. The average molecular weight is 299 g/mol. The maximum atomic E-state index is 12.2. The van der Waals surface area contributed by atoms with E-state index in [4.69, 9.17) is 11.6 Å². The van der Waals surface area contributed by atoms with Crippen molar-refractivity contribution in [3.63, 3.8) is 0 Å². The summed E-state index contributed by atoms with van der Waals surface area (Å²) >= 11 is 5.97. The number of nitrogens with zero attached hydrogens (tertiary/aromatic N) is 1. The van der Waals surface area contributed by atoms with Crippen LogP contribution >= 0.6 is 11.6 Å². The van der Waals surface area contributed by atoms with Gasteiger partial charge in [0.25, 0.3) is 0 Å². The number of rotatable bonds is 3. The number of hydrogen-bond acceptors (Lipinski definition) is 1. The molecule has 0 aliphatic heterocycles. The van der Waals surface area contributed by atoms with Crippen molar-refractivity contribution in [2.24, 2.45) is 0 Å². The van der Waals surface area contributed by atoms with Crippen molar-refractivity contribution < 1.29 is 4.79 Å². The van der Waals surface area contributed by atoms with Crippen LogP contribution in [0.25, 0.3) is 10.9 Å². The fourth-order valence-corrected chi connectivity index (χ4v) is 2.55. The molecule has 0 unspecified atom stereocenters. The number of carbonyl (C=O) groups is 1. The van der Waals surface area contributed by atoms with E-state index in [1.54, 1.807) is 0 Å². The van der Waals surface area contributed by atoms with Crippen molar-refractivity contribution in [2.75, 3.05) is 5.32 Å². The van der Waals surface area contributed by atoms with Gasteiger partial charge >= 0.3 is 0 Å². The lowest BCUT2D eigenvalue weighted by Crippen LogP contribution is -2.18. The molecule has 0 saturated heterocycles. The highest BCUT2D eigenvalue weighted by atomic mass is 35.5. The number of aryl methyl sites for hydroxylation is 1. The second kappa shape index (κ2) is 5.62. The molecule has 2 aromatic carbocycles. The molecule has 0 saturated carbocycles. The molecule has 0 fully saturated rings. The molecule has 0 bridgehead atoms. The number of carbonyl (C=O) groups excluding carboxylic acids is 1. The lowest BCUT2D eigenvalue weighted by Gasteiger charge is -2.09. The minimum Gasteiger partial charge on any atom is -0.338 e. The monoisotopic (exact) mass is 298 g/mol. The number of amides is 1. The summed E-state index contributed by atoms with van der Waals surface area (Å²) in [5, 5.41) is 4.67. The summed E-state index contributed by atoms with van der Waals surface area (Å²) in [5.41, 5.74) is 2.90. The average Bonchev–Trinajstić information content (AvgIpc) is 2.83. The molecule has 0 atom stereocenters. The molecule has 4 heteroatoms. The second-order valence-corrected chi connectivity index (χ2v) is 5.45.